The summed E-state index contributed by atoms with van der Waals surface area (Å²) in [4.78, 5) is 5.19. The lowest BCUT2D eigenvalue weighted by atomic mass is 10.4. The molecule has 1 unspecified atom stereocenters. The van der Waals surface area contributed by atoms with Crippen LogP contribution in [0.2, 0.25) is 0 Å². The van der Waals surface area contributed by atoms with Gasteiger partial charge in [0.2, 0.25) is 0 Å². The summed E-state index contributed by atoms with van der Waals surface area (Å²) in [5.74, 6) is 0.972. The van der Waals surface area contributed by atoms with E-state index >= 15 is 0 Å². The fourth-order valence-corrected chi connectivity index (χ4v) is 2.57. The number of hydrogen-bond donors (Lipinski definition) is 1. The van der Waals surface area contributed by atoms with E-state index in [9.17, 15) is 0 Å². The highest BCUT2D eigenvalue weighted by Crippen LogP contribution is 2.22. The van der Waals surface area contributed by atoms with Crippen LogP contribution in [0.15, 0.2) is 6.20 Å². The molecule has 2 nitrogen and oxygen atoms in total. The summed E-state index contributed by atoms with van der Waals surface area (Å²) >= 11 is 3.52. The third-order valence-corrected chi connectivity index (χ3v) is 4.33. The number of hydrogen-bond acceptors (Lipinski definition) is 4. The van der Waals surface area contributed by atoms with Crippen LogP contribution in [0.3, 0.4) is 0 Å². The maximum atomic E-state index is 8.84. The molecule has 0 bridgehead atoms. The predicted molar refractivity (Wildman–Crippen MR) is 59.1 cm³/mol. The molecular formula is C9H15NOS2. The van der Waals surface area contributed by atoms with Gasteiger partial charge in [0.05, 0.1) is 11.5 Å². The topological polar surface area (TPSA) is 33.1 Å². The Bertz CT molecular complexity index is 250. The van der Waals surface area contributed by atoms with Crippen LogP contribution in [0.5, 0.6) is 0 Å². The second-order valence-electron chi connectivity index (χ2n) is 2.91. The average Bonchev–Trinajstić information content (AvgIpc) is 2.61. The third kappa shape index (κ3) is 3.67. The van der Waals surface area contributed by atoms with Crippen molar-refractivity contribution in [3.8, 4) is 0 Å². The second-order valence-corrected chi connectivity index (χ2v) is 5.53. The van der Waals surface area contributed by atoms with Crippen molar-refractivity contribution in [2.75, 3.05) is 0 Å². The summed E-state index contributed by atoms with van der Waals surface area (Å²) in [6.07, 6.45) is 2.96. The molecule has 1 heterocycles. The molecule has 0 spiro atoms. The molecule has 1 aromatic rings. The minimum atomic E-state index is 0.117. The van der Waals surface area contributed by atoms with Crippen molar-refractivity contribution in [2.24, 2.45) is 0 Å². The molecule has 0 saturated heterocycles. The van der Waals surface area contributed by atoms with E-state index in [0.29, 0.717) is 5.25 Å². The van der Waals surface area contributed by atoms with Gasteiger partial charge in [-0.1, -0.05) is 13.8 Å². The van der Waals surface area contributed by atoms with E-state index in [1.807, 2.05) is 11.8 Å². The van der Waals surface area contributed by atoms with E-state index in [4.69, 9.17) is 5.11 Å². The van der Waals surface area contributed by atoms with Crippen molar-refractivity contribution in [1.29, 1.82) is 0 Å². The first-order valence-corrected chi connectivity index (χ1v) is 6.28. The van der Waals surface area contributed by atoms with Crippen LogP contribution >= 0.6 is 23.1 Å². The van der Waals surface area contributed by atoms with Gasteiger partial charge in [-0.25, -0.2) is 4.98 Å². The lowest BCUT2D eigenvalue weighted by molar-refractivity contribution is 0.285. The Morgan fingerprint density at radius 1 is 1.69 bits per heavy atom. The number of rotatable bonds is 5. The Balaban J connectivity index is 2.36. The molecule has 1 rings (SSSR count). The van der Waals surface area contributed by atoms with Crippen molar-refractivity contribution < 1.29 is 5.11 Å². The number of aliphatic hydroxyl groups is 1. The average molecular weight is 217 g/mol. The highest BCUT2D eigenvalue weighted by molar-refractivity contribution is 7.99. The minimum Gasteiger partial charge on any atom is -0.391 e. The Labute approximate surface area is 87.4 Å². The van der Waals surface area contributed by atoms with Gasteiger partial charge in [-0.2, -0.15) is 11.8 Å². The number of nitrogens with zero attached hydrogens (tertiary/aromatic N) is 1. The summed E-state index contributed by atoms with van der Waals surface area (Å²) in [7, 11) is 0. The first-order valence-electron chi connectivity index (χ1n) is 4.42. The summed E-state index contributed by atoms with van der Waals surface area (Å²) in [5, 5.41) is 10.7. The van der Waals surface area contributed by atoms with Crippen LogP contribution < -0.4 is 0 Å². The first kappa shape index (κ1) is 11.0. The van der Waals surface area contributed by atoms with Gasteiger partial charge in [0.25, 0.3) is 0 Å². The van der Waals surface area contributed by atoms with E-state index in [-0.39, 0.29) is 6.61 Å². The minimum absolute atomic E-state index is 0.117. The molecule has 0 aliphatic rings. The highest BCUT2D eigenvalue weighted by atomic mass is 32.2. The van der Waals surface area contributed by atoms with E-state index in [1.54, 1.807) is 17.5 Å². The van der Waals surface area contributed by atoms with Crippen molar-refractivity contribution >= 4 is 23.1 Å². The molecule has 0 fully saturated rings. The van der Waals surface area contributed by atoms with Crippen molar-refractivity contribution in [3.63, 3.8) is 0 Å². The van der Waals surface area contributed by atoms with Gasteiger partial charge in [-0.15, -0.1) is 11.3 Å². The normalized spacial score (nSPS) is 13.2. The molecule has 0 saturated carbocycles. The first-order chi connectivity index (χ1) is 6.26. The van der Waals surface area contributed by atoms with Crippen molar-refractivity contribution in [2.45, 2.75) is 37.9 Å². The van der Waals surface area contributed by atoms with Crippen molar-refractivity contribution in [1.82, 2.24) is 4.98 Å². The largest absolute Gasteiger partial charge is 0.391 e. The smallest absolute Gasteiger partial charge is 0.103 e. The van der Waals surface area contributed by atoms with Gasteiger partial charge in [-0.05, 0) is 6.42 Å². The summed E-state index contributed by atoms with van der Waals surface area (Å²) in [5.41, 5.74) is 0. The van der Waals surface area contributed by atoms with Crippen molar-refractivity contribution in [3.05, 3.63) is 16.1 Å². The van der Waals surface area contributed by atoms with E-state index in [0.717, 1.165) is 15.6 Å². The van der Waals surface area contributed by atoms with Crippen LogP contribution in [0, 0.1) is 0 Å². The van der Waals surface area contributed by atoms with E-state index in [1.165, 1.54) is 6.42 Å². The molecule has 1 atom stereocenters. The third-order valence-electron chi connectivity index (χ3n) is 1.82. The molecule has 0 radical (unpaired) electrons. The molecule has 0 aromatic carbocycles. The molecule has 4 heteroatoms. The summed E-state index contributed by atoms with van der Waals surface area (Å²) in [6, 6.07) is 0. The molecule has 0 aliphatic heterocycles. The fraction of sp³-hybridized carbons (Fsp3) is 0.667. The monoisotopic (exact) mass is 217 g/mol. The van der Waals surface area contributed by atoms with Gasteiger partial charge in [0.15, 0.2) is 0 Å². The molecular weight excluding hydrogens is 202 g/mol. The van der Waals surface area contributed by atoms with Crippen LogP contribution in [0.1, 0.15) is 30.2 Å². The van der Waals surface area contributed by atoms with E-state index in [2.05, 4.69) is 18.8 Å². The maximum absolute atomic E-state index is 8.84. The van der Waals surface area contributed by atoms with Crippen LogP contribution in [0.25, 0.3) is 0 Å². The van der Waals surface area contributed by atoms with Gasteiger partial charge in [0, 0.05) is 17.2 Å². The maximum Gasteiger partial charge on any atom is 0.103 e. The van der Waals surface area contributed by atoms with Gasteiger partial charge < -0.3 is 5.11 Å². The predicted octanol–water partition coefficient (Wildman–Crippen LogP) is 2.67. The second kappa shape index (κ2) is 5.62. The number of thioether (sulfide) groups is 1. The molecule has 13 heavy (non-hydrogen) atoms. The van der Waals surface area contributed by atoms with Gasteiger partial charge in [0.1, 0.15) is 5.01 Å². The zero-order valence-electron chi connectivity index (χ0n) is 7.99. The molecule has 0 amide bonds. The lowest BCUT2D eigenvalue weighted by Crippen LogP contribution is -1.92. The quantitative estimate of drug-likeness (QED) is 0.823. The Kier molecular flexibility index (Phi) is 4.77. The summed E-state index contributed by atoms with van der Waals surface area (Å²) < 4.78 is 0. The Hall–Kier alpha value is -0.0600. The Morgan fingerprint density at radius 2 is 2.46 bits per heavy atom. The lowest BCUT2D eigenvalue weighted by Gasteiger charge is -2.04. The SMILES string of the molecule is CCC(C)SCc1ncc(CO)s1. The van der Waals surface area contributed by atoms with Crippen LogP contribution in [-0.4, -0.2) is 15.3 Å². The molecule has 1 aromatic heterocycles. The zero-order chi connectivity index (χ0) is 9.68. The highest BCUT2D eigenvalue weighted by Gasteiger charge is 2.04. The Morgan fingerprint density at radius 3 is 3.00 bits per heavy atom. The molecule has 0 aliphatic carbocycles. The van der Waals surface area contributed by atoms with Crippen LogP contribution in [-0.2, 0) is 12.4 Å². The fourth-order valence-electron chi connectivity index (χ4n) is 0.819. The number of aliphatic hydroxyl groups excluding tert-OH is 1. The van der Waals surface area contributed by atoms with Gasteiger partial charge >= 0.3 is 0 Å². The summed E-state index contributed by atoms with van der Waals surface area (Å²) in [6.45, 7) is 4.54. The zero-order valence-corrected chi connectivity index (χ0v) is 9.62. The number of thiazole rings is 1. The number of aromatic nitrogens is 1. The standard InChI is InChI=1S/C9H15NOS2/c1-3-7(2)12-6-9-10-4-8(5-11)13-9/h4,7,11H,3,5-6H2,1-2H3. The van der Waals surface area contributed by atoms with Crippen LogP contribution in [0.4, 0.5) is 0 Å². The van der Waals surface area contributed by atoms with Gasteiger partial charge in [-0.3, -0.25) is 0 Å². The van der Waals surface area contributed by atoms with E-state index < -0.39 is 0 Å². The molecule has 1 N–H and O–H groups in total. The molecule has 74 valence electrons.